The smallest absolute Gasteiger partial charge is 0.196 e. The number of benzene rings is 1. The fraction of sp³-hybridized carbons (Fsp3) is 0.588. The molecule has 4 heteroatoms. The Bertz CT molecular complexity index is 581. The fourth-order valence-electron chi connectivity index (χ4n) is 4.33. The average molecular weight is 287 g/mol. The van der Waals surface area contributed by atoms with Crippen LogP contribution in [0.3, 0.4) is 0 Å². The molecule has 1 fully saturated rings. The summed E-state index contributed by atoms with van der Waals surface area (Å²) < 4.78 is 5.36. The molecular weight excluding hydrogens is 262 g/mol. The van der Waals surface area contributed by atoms with Gasteiger partial charge in [0.1, 0.15) is 5.75 Å². The molecule has 21 heavy (non-hydrogen) atoms. The van der Waals surface area contributed by atoms with Crippen molar-refractivity contribution in [3.8, 4) is 5.75 Å². The lowest BCUT2D eigenvalue weighted by Gasteiger charge is -2.40. The van der Waals surface area contributed by atoms with Crippen LogP contribution in [0.4, 0.5) is 5.69 Å². The standard InChI is InChI=1S/C17H25N3O/c1-12-9-16(2,3)10-17(12)11-19-15(18)20(17)13-6-5-7-14(8-13)21-4/h5-8,12H,9-11H2,1-4H3,(H2,18,19). The first-order valence-electron chi connectivity index (χ1n) is 7.62. The van der Waals surface area contributed by atoms with Gasteiger partial charge in [-0.1, -0.05) is 26.8 Å². The predicted molar refractivity (Wildman–Crippen MR) is 86.9 cm³/mol. The monoisotopic (exact) mass is 287 g/mol. The normalized spacial score (nSPS) is 30.8. The van der Waals surface area contributed by atoms with Crippen molar-refractivity contribution in [2.24, 2.45) is 22.1 Å². The minimum Gasteiger partial charge on any atom is -0.497 e. The second-order valence-electron chi connectivity index (χ2n) is 7.26. The molecule has 1 heterocycles. The van der Waals surface area contributed by atoms with E-state index in [9.17, 15) is 0 Å². The van der Waals surface area contributed by atoms with E-state index in [1.807, 2.05) is 18.2 Å². The summed E-state index contributed by atoms with van der Waals surface area (Å²) in [7, 11) is 1.69. The molecule has 2 N–H and O–H groups in total. The molecule has 2 aliphatic rings. The molecule has 1 saturated carbocycles. The molecule has 2 unspecified atom stereocenters. The highest BCUT2D eigenvalue weighted by Crippen LogP contribution is 2.53. The number of nitrogens with zero attached hydrogens (tertiary/aromatic N) is 2. The second-order valence-corrected chi connectivity index (χ2v) is 7.26. The highest BCUT2D eigenvalue weighted by Gasteiger charge is 2.55. The van der Waals surface area contributed by atoms with E-state index in [4.69, 9.17) is 10.5 Å². The number of hydrogen-bond donors (Lipinski definition) is 1. The van der Waals surface area contributed by atoms with Crippen LogP contribution >= 0.6 is 0 Å². The number of ether oxygens (including phenoxy) is 1. The molecule has 1 aliphatic heterocycles. The van der Waals surface area contributed by atoms with Crippen molar-refractivity contribution in [1.82, 2.24) is 0 Å². The first-order chi connectivity index (χ1) is 9.88. The Hall–Kier alpha value is -1.71. The summed E-state index contributed by atoms with van der Waals surface area (Å²) >= 11 is 0. The van der Waals surface area contributed by atoms with E-state index in [-0.39, 0.29) is 5.54 Å². The number of methoxy groups -OCH3 is 1. The third-order valence-electron chi connectivity index (χ3n) is 5.06. The van der Waals surface area contributed by atoms with Gasteiger partial charge in [-0.05, 0) is 36.3 Å². The predicted octanol–water partition coefficient (Wildman–Crippen LogP) is 3.02. The van der Waals surface area contributed by atoms with E-state index in [0.717, 1.165) is 24.4 Å². The van der Waals surface area contributed by atoms with Crippen LogP contribution in [0.2, 0.25) is 0 Å². The summed E-state index contributed by atoms with van der Waals surface area (Å²) in [6.07, 6.45) is 2.32. The molecule has 4 nitrogen and oxygen atoms in total. The molecule has 114 valence electrons. The van der Waals surface area contributed by atoms with Crippen LogP contribution in [0, 0.1) is 11.3 Å². The Labute approximate surface area is 127 Å². The summed E-state index contributed by atoms with van der Waals surface area (Å²) in [6, 6.07) is 8.11. The van der Waals surface area contributed by atoms with Gasteiger partial charge in [-0.15, -0.1) is 0 Å². The van der Waals surface area contributed by atoms with Crippen molar-refractivity contribution >= 4 is 11.6 Å². The number of hydrogen-bond acceptors (Lipinski definition) is 4. The number of guanidine groups is 1. The summed E-state index contributed by atoms with van der Waals surface area (Å²) in [4.78, 5) is 6.83. The molecule has 1 aromatic carbocycles. The number of nitrogens with two attached hydrogens (primary N) is 1. The molecule has 0 bridgehead atoms. The van der Waals surface area contributed by atoms with Crippen molar-refractivity contribution in [2.45, 2.75) is 39.2 Å². The molecule has 2 atom stereocenters. The van der Waals surface area contributed by atoms with Gasteiger partial charge in [-0.25, -0.2) is 0 Å². The molecule has 0 radical (unpaired) electrons. The fourth-order valence-corrected chi connectivity index (χ4v) is 4.33. The van der Waals surface area contributed by atoms with Crippen LogP contribution in [0.25, 0.3) is 0 Å². The van der Waals surface area contributed by atoms with Crippen LogP contribution < -0.4 is 15.4 Å². The minimum absolute atomic E-state index is 0.0138. The van der Waals surface area contributed by atoms with Crippen molar-refractivity contribution in [3.05, 3.63) is 24.3 Å². The lowest BCUT2D eigenvalue weighted by atomic mass is 9.85. The first-order valence-corrected chi connectivity index (χ1v) is 7.62. The molecule has 3 rings (SSSR count). The molecule has 1 aromatic rings. The molecular formula is C17H25N3O. The summed E-state index contributed by atoms with van der Waals surface area (Å²) in [5.41, 5.74) is 7.67. The Kier molecular flexibility index (Phi) is 3.15. The zero-order valence-electron chi connectivity index (χ0n) is 13.4. The van der Waals surface area contributed by atoms with Crippen LogP contribution in [-0.2, 0) is 0 Å². The minimum atomic E-state index is 0.0138. The highest BCUT2D eigenvalue weighted by atomic mass is 16.5. The van der Waals surface area contributed by atoms with Gasteiger partial charge < -0.3 is 15.4 Å². The van der Waals surface area contributed by atoms with Gasteiger partial charge in [0, 0.05) is 11.8 Å². The SMILES string of the molecule is COc1cccc(N2C(N)=NCC23CC(C)(C)CC3C)c1. The molecule has 1 spiro atoms. The maximum atomic E-state index is 6.24. The summed E-state index contributed by atoms with van der Waals surface area (Å²) in [6.45, 7) is 7.81. The maximum Gasteiger partial charge on any atom is 0.196 e. The highest BCUT2D eigenvalue weighted by molar-refractivity contribution is 5.98. The van der Waals surface area contributed by atoms with Gasteiger partial charge in [-0.3, -0.25) is 4.99 Å². The molecule has 1 aliphatic carbocycles. The quantitative estimate of drug-likeness (QED) is 0.909. The van der Waals surface area contributed by atoms with Crippen molar-refractivity contribution in [1.29, 1.82) is 0 Å². The average Bonchev–Trinajstić information content (AvgIpc) is 2.87. The Morgan fingerprint density at radius 2 is 2.14 bits per heavy atom. The lowest BCUT2D eigenvalue weighted by Crippen LogP contribution is -2.54. The molecule has 0 amide bonds. The van der Waals surface area contributed by atoms with Crippen molar-refractivity contribution in [3.63, 3.8) is 0 Å². The lowest BCUT2D eigenvalue weighted by molar-refractivity contribution is 0.341. The summed E-state index contributed by atoms with van der Waals surface area (Å²) in [5.74, 6) is 2.04. The van der Waals surface area contributed by atoms with Crippen LogP contribution in [0.5, 0.6) is 5.75 Å². The van der Waals surface area contributed by atoms with E-state index in [0.29, 0.717) is 17.3 Å². The van der Waals surface area contributed by atoms with Crippen LogP contribution in [0.15, 0.2) is 29.3 Å². The van der Waals surface area contributed by atoms with Crippen LogP contribution in [-0.4, -0.2) is 25.2 Å². The Morgan fingerprint density at radius 3 is 2.76 bits per heavy atom. The summed E-state index contributed by atoms with van der Waals surface area (Å²) in [5, 5.41) is 0. The number of aliphatic imine (C=N–C) groups is 1. The number of anilines is 1. The topological polar surface area (TPSA) is 50.9 Å². The number of rotatable bonds is 2. The van der Waals surface area contributed by atoms with Gasteiger partial charge in [0.2, 0.25) is 0 Å². The van der Waals surface area contributed by atoms with Crippen molar-refractivity contribution in [2.75, 3.05) is 18.6 Å². The maximum absolute atomic E-state index is 6.24. The van der Waals surface area contributed by atoms with E-state index in [1.165, 1.54) is 6.42 Å². The van der Waals surface area contributed by atoms with Gasteiger partial charge in [0.15, 0.2) is 5.96 Å². The molecule has 0 aromatic heterocycles. The van der Waals surface area contributed by atoms with Gasteiger partial charge in [-0.2, -0.15) is 0 Å². The van der Waals surface area contributed by atoms with E-state index < -0.39 is 0 Å². The van der Waals surface area contributed by atoms with Gasteiger partial charge >= 0.3 is 0 Å². The first kappa shape index (κ1) is 14.2. The Balaban J connectivity index is 2.04. The third kappa shape index (κ3) is 2.17. The van der Waals surface area contributed by atoms with E-state index >= 15 is 0 Å². The molecule has 0 saturated heterocycles. The second kappa shape index (κ2) is 4.65. The van der Waals surface area contributed by atoms with E-state index in [1.54, 1.807) is 7.11 Å². The van der Waals surface area contributed by atoms with Gasteiger partial charge in [0.05, 0.1) is 19.2 Å². The Morgan fingerprint density at radius 1 is 1.38 bits per heavy atom. The zero-order valence-corrected chi connectivity index (χ0v) is 13.4. The van der Waals surface area contributed by atoms with Crippen molar-refractivity contribution < 1.29 is 4.74 Å². The third-order valence-corrected chi connectivity index (χ3v) is 5.06. The van der Waals surface area contributed by atoms with E-state index in [2.05, 4.69) is 36.7 Å². The largest absolute Gasteiger partial charge is 0.497 e. The zero-order chi connectivity index (χ0) is 15.3. The van der Waals surface area contributed by atoms with Gasteiger partial charge in [0.25, 0.3) is 0 Å². The van der Waals surface area contributed by atoms with Crippen LogP contribution in [0.1, 0.15) is 33.6 Å².